The molecule has 4 aromatic rings. The summed E-state index contributed by atoms with van der Waals surface area (Å²) in [5, 5.41) is 3.77. The fraction of sp³-hybridized carbons (Fsp3) is 0.280. The molecule has 0 saturated heterocycles. The van der Waals surface area contributed by atoms with Gasteiger partial charge in [-0.1, -0.05) is 30.3 Å². The van der Waals surface area contributed by atoms with Crippen LogP contribution in [0.2, 0.25) is 0 Å². The molecule has 0 saturated carbocycles. The van der Waals surface area contributed by atoms with Crippen LogP contribution in [0.5, 0.6) is 0 Å². The van der Waals surface area contributed by atoms with Gasteiger partial charge in [0.25, 0.3) is 5.56 Å². The maximum absolute atomic E-state index is 12.8. The van der Waals surface area contributed by atoms with Crippen molar-refractivity contribution >= 4 is 16.9 Å². The smallest absolute Gasteiger partial charge is 0.253 e. The van der Waals surface area contributed by atoms with Gasteiger partial charge in [-0.25, -0.2) is 9.97 Å². The zero-order chi connectivity index (χ0) is 22.8. The molecule has 4 rings (SSSR count). The quantitative estimate of drug-likeness (QED) is 0.491. The van der Waals surface area contributed by atoms with Crippen molar-refractivity contribution in [1.29, 1.82) is 0 Å². The van der Waals surface area contributed by atoms with E-state index in [0.717, 1.165) is 39.1 Å². The number of hydrogen-bond donors (Lipinski definition) is 2. The van der Waals surface area contributed by atoms with Gasteiger partial charge < -0.3 is 14.9 Å². The topological polar surface area (TPSA) is 92.7 Å². The van der Waals surface area contributed by atoms with Gasteiger partial charge in [-0.2, -0.15) is 0 Å². The number of rotatable bonds is 6. The minimum absolute atomic E-state index is 0.0548. The predicted molar refractivity (Wildman–Crippen MR) is 125 cm³/mol. The molecule has 0 aliphatic heterocycles. The molecule has 1 aromatic carbocycles. The molecule has 32 heavy (non-hydrogen) atoms. The number of H-pyrrole nitrogens is 1. The number of amides is 1. The lowest BCUT2D eigenvalue weighted by Gasteiger charge is -2.17. The molecule has 0 aliphatic rings. The van der Waals surface area contributed by atoms with E-state index < -0.39 is 0 Å². The van der Waals surface area contributed by atoms with Crippen molar-refractivity contribution in [3.05, 3.63) is 92.9 Å². The summed E-state index contributed by atoms with van der Waals surface area (Å²) in [6.07, 6.45) is 3.49. The first kappa shape index (κ1) is 21.5. The highest BCUT2D eigenvalue weighted by atomic mass is 16.1. The molecule has 0 aliphatic carbocycles. The number of pyridine rings is 1. The second kappa shape index (κ2) is 8.78. The summed E-state index contributed by atoms with van der Waals surface area (Å²) < 4.78 is 2.16. The number of aromatic amines is 1. The molecule has 0 radical (unpaired) electrons. The van der Waals surface area contributed by atoms with Crippen LogP contribution in [0.15, 0.2) is 53.7 Å². The lowest BCUT2D eigenvalue weighted by Crippen LogP contribution is -2.29. The van der Waals surface area contributed by atoms with Gasteiger partial charge in [0.15, 0.2) is 0 Å². The van der Waals surface area contributed by atoms with Gasteiger partial charge in [-0.15, -0.1) is 0 Å². The van der Waals surface area contributed by atoms with Crippen molar-refractivity contribution in [3.63, 3.8) is 0 Å². The Morgan fingerprint density at radius 3 is 2.62 bits per heavy atom. The lowest BCUT2D eigenvalue weighted by atomic mass is 10.1. The van der Waals surface area contributed by atoms with Crippen LogP contribution in [0.3, 0.4) is 0 Å². The predicted octanol–water partition coefficient (Wildman–Crippen LogP) is 3.51. The molecule has 1 atom stereocenters. The summed E-state index contributed by atoms with van der Waals surface area (Å²) in [5.41, 5.74) is 5.93. The number of aromatic nitrogens is 4. The molecule has 2 N–H and O–H groups in total. The largest absolute Gasteiger partial charge is 0.352 e. The summed E-state index contributed by atoms with van der Waals surface area (Å²) in [5.74, 6) is -0.150. The van der Waals surface area contributed by atoms with Gasteiger partial charge in [0.05, 0.1) is 12.5 Å². The van der Waals surface area contributed by atoms with Crippen LogP contribution >= 0.6 is 0 Å². The number of benzene rings is 1. The Morgan fingerprint density at radius 2 is 1.91 bits per heavy atom. The van der Waals surface area contributed by atoms with Crippen LogP contribution < -0.4 is 10.9 Å². The minimum atomic E-state index is -0.166. The molecule has 1 amide bonds. The Balaban J connectivity index is 1.62. The number of nitrogens with one attached hydrogen (secondary N) is 2. The van der Waals surface area contributed by atoms with Gasteiger partial charge in [0.2, 0.25) is 5.91 Å². The highest BCUT2D eigenvalue weighted by molar-refractivity contribution is 5.88. The summed E-state index contributed by atoms with van der Waals surface area (Å²) in [6.45, 7) is 8.05. The van der Waals surface area contributed by atoms with Gasteiger partial charge in [-0.3, -0.25) is 9.59 Å². The Labute approximate surface area is 186 Å². The zero-order valence-corrected chi connectivity index (χ0v) is 18.8. The molecule has 3 aromatic heterocycles. The third-order valence-corrected chi connectivity index (χ3v) is 6.01. The average Bonchev–Trinajstić information content (AvgIpc) is 3.04. The van der Waals surface area contributed by atoms with Crippen LogP contribution in [-0.4, -0.2) is 25.4 Å². The summed E-state index contributed by atoms with van der Waals surface area (Å²) >= 11 is 0. The Morgan fingerprint density at radius 1 is 1.16 bits per heavy atom. The van der Waals surface area contributed by atoms with Crippen molar-refractivity contribution in [1.82, 2.24) is 24.8 Å². The molecule has 0 unspecified atom stereocenters. The average molecular weight is 430 g/mol. The van der Waals surface area contributed by atoms with E-state index in [9.17, 15) is 9.59 Å². The molecule has 3 heterocycles. The minimum Gasteiger partial charge on any atom is -0.352 e. The fourth-order valence-corrected chi connectivity index (χ4v) is 4.32. The van der Waals surface area contributed by atoms with Crippen molar-refractivity contribution in [2.45, 2.75) is 46.7 Å². The summed E-state index contributed by atoms with van der Waals surface area (Å²) in [4.78, 5) is 36.6. The molecule has 0 fully saturated rings. The molecular weight excluding hydrogens is 402 g/mol. The third kappa shape index (κ3) is 4.06. The van der Waals surface area contributed by atoms with Gasteiger partial charge in [0, 0.05) is 35.1 Å². The first-order valence-corrected chi connectivity index (χ1v) is 10.7. The molecule has 164 valence electrons. The van der Waals surface area contributed by atoms with E-state index in [0.29, 0.717) is 5.56 Å². The van der Waals surface area contributed by atoms with E-state index in [1.807, 2.05) is 45.0 Å². The highest BCUT2D eigenvalue weighted by Gasteiger charge is 2.21. The Kier molecular flexibility index (Phi) is 5.90. The van der Waals surface area contributed by atoms with Crippen molar-refractivity contribution in [2.24, 2.45) is 0 Å². The number of fused-ring (bicyclic) bond motifs is 1. The number of nitrogens with zero attached hydrogens (tertiary/aromatic N) is 3. The maximum Gasteiger partial charge on any atom is 0.253 e. The second-order valence-corrected chi connectivity index (χ2v) is 8.18. The van der Waals surface area contributed by atoms with Gasteiger partial charge in [-0.05, 0) is 50.5 Å². The van der Waals surface area contributed by atoms with Crippen LogP contribution in [0.1, 0.15) is 46.6 Å². The van der Waals surface area contributed by atoms with Crippen molar-refractivity contribution < 1.29 is 4.79 Å². The fourth-order valence-electron chi connectivity index (χ4n) is 4.32. The highest BCUT2D eigenvalue weighted by Crippen LogP contribution is 2.30. The van der Waals surface area contributed by atoms with Crippen LogP contribution in [0.4, 0.5) is 0 Å². The zero-order valence-electron chi connectivity index (χ0n) is 18.8. The summed E-state index contributed by atoms with van der Waals surface area (Å²) in [6, 6.07) is 12.2. The SMILES string of the molecule is Cc1cc(C)c(CNC(=O)Cc2c(C)n([C@H](C)c3ccccc3)c3ncncc23)c(=O)[nH]1. The first-order chi connectivity index (χ1) is 15.4. The van der Waals surface area contributed by atoms with Crippen molar-refractivity contribution in [3.8, 4) is 0 Å². The maximum atomic E-state index is 12.8. The van der Waals surface area contributed by atoms with E-state index in [4.69, 9.17) is 0 Å². The molecule has 0 bridgehead atoms. The first-order valence-electron chi connectivity index (χ1n) is 10.7. The number of carbonyl (C=O) groups is 1. The van der Waals surface area contributed by atoms with Crippen LogP contribution in [0, 0.1) is 20.8 Å². The standard InChI is InChI=1S/C25H27N5O2/c1-15-10-16(2)29-25(32)21(15)13-27-23(31)11-20-18(4)30(24-22(20)12-26-14-28-24)17(3)19-8-6-5-7-9-19/h5-10,12,14,17H,11,13H2,1-4H3,(H,27,31)(H,29,32)/t17-/m1/s1. The molecule has 7 nitrogen and oxygen atoms in total. The van der Waals surface area contributed by atoms with E-state index >= 15 is 0 Å². The van der Waals surface area contributed by atoms with E-state index in [2.05, 4.69) is 43.9 Å². The Hall–Kier alpha value is -3.74. The third-order valence-electron chi connectivity index (χ3n) is 6.01. The van der Waals surface area contributed by atoms with Crippen LogP contribution in [-0.2, 0) is 17.8 Å². The Bertz CT molecular complexity index is 1340. The van der Waals surface area contributed by atoms with Crippen molar-refractivity contribution in [2.75, 3.05) is 0 Å². The number of carbonyl (C=O) groups excluding carboxylic acids is 1. The van der Waals surface area contributed by atoms with Gasteiger partial charge >= 0.3 is 0 Å². The lowest BCUT2D eigenvalue weighted by molar-refractivity contribution is -0.120. The monoisotopic (exact) mass is 429 g/mol. The van der Waals surface area contributed by atoms with Crippen LogP contribution in [0.25, 0.3) is 11.0 Å². The number of aryl methyl sites for hydroxylation is 2. The molecule has 0 spiro atoms. The van der Waals surface area contributed by atoms with E-state index in [1.165, 1.54) is 6.33 Å². The van der Waals surface area contributed by atoms with E-state index in [-0.39, 0.29) is 30.5 Å². The normalized spacial score (nSPS) is 12.1. The molecule has 7 heteroatoms. The number of hydrogen-bond acceptors (Lipinski definition) is 4. The molecular formula is C25H27N5O2. The van der Waals surface area contributed by atoms with Gasteiger partial charge in [0.1, 0.15) is 12.0 Å². The summed E-state index contributed by atoms with van der Waals surface area (Å²) in [7, 11) is 0. The van der Waals surface area contributed by atoms with E-state index in [1.54, 1.807) is 6.20 Å². The second-order valence-electron chi connectivity index (χ2n) is 8.18.